The van der Waals surface area contributed by atoms with E-state index in [1.54, 1.807) is 0 Å². The molecule has 2 fully saturated rings. The van der Waals surface area contributed by atoms with Crippen LogP contribution in [0.1, 0.15) is 38.5 Å². The fourth-order valence-electron chi connectivity index (χ4n) is 4.02. The van der Waals surface area contributed by atoms with Gasteiger partial charge in [0, 0.05) is 25.0 Å². The Balaban J connectivity index is 1.53. The van der Waals surface area contributed by atoms with E-state index in [9.17, 15) is 4.79 Å². The number of piperidine rings is 1. The molecule has 0 bridgehead atoms. The van der Waals surface area contributed by atoms with Gasteiger partial charge >= 0.3 is 6.09 Å². The molecule has 0 saturated carbocycles. The van der Waals surface area contributed by atoms with E-state index < -0.39 is 11.9 Å². The average molecular weight is 385 g/mol. The molecule has 2 N–H and O–H groups in total. The number of hydrogen-bond acceptors (Lipinski definition) is 5. The molecule has 3 heterocycles. The molecule has 0 aliphatic carbocycles. The van der Waals surface area contributed by atoms with Gasteiger partial charge in [-0.3, -0.25) is 0 Å². The molecule has 1 aromatic heterocycles. The molecule has 1 unspecified atom stereocenters. The molecule has 2 aromatic rings. The van der Waals surface area contributed by atoms with Crippen molar-refractivity contribution in [2.45, 2.75) is 38.6 Å². The molecular formula is C21H27N3O4. The SMILES string of the molecule is CC1(C)OCC(c2ccc3cccc(N4CCC(CNC(=O)O)CC4)c3n2)O1. The van der Waals surface area contributed by atoms with Crippen molar-refractivity contribution in [3.8, 4) is 0 Å². The van der Waals surface area contributed by atoms with Crippen molar-refractivity contribution in [3.05, 3.63) is 36.0 Å². The Morgan fingerprint density at radius 1 is 1.29 bits per heavy atom. The van der Waals surface area contributed by atoms with Gasteiger partial charge in [-0.25, -0.2) is 9.78 Å². The number of carbonyl (C=O) groups is 1. The van der Waals surface area contributed by atoms with Crippen LogP contribution in [0.4, 0.5) is 10.5 Å². The van der Waals surface area contributed by atoms with E-state index in [2.05, 4.69) is 34.5 Å². The Morgan fingerprint density at radius 2 is 2.07 bits per heavy atom. The zero-order valence-corrected chi connectivity index (χ0v) is 16.4. The van der Waals surface area contributed by atoms with Crippen molar-refractivity contribution in [1.29, 1.82) is 0 Å². The van der Waals surface area contributed by atoms with Crippen molar-refractivity contribution in [2.75, 3.05) is 31.1 Å². The predicted octanol–water partition coefficient (Wildman–Crippen LogP) is 3.54. The van der Waals surface area contributed by atoms with Crippen LogP contribution in [0.5, 0.6) is 0 Å². The maximum atomic E-state index is 10.7. The zero-order chi connectivity index (χ0) is 19.7. The second-order valence-electron chi connectivity index (χ2n) is 8.02. The first-order chi connectivity index (χ1) is 13.4. The average Bonchev–Trinajstić information content (AvgIpc) is 3.06. The number of rotatable bonds is 4. The van der Waals surface area contributed by atoms with Crippen LogP contribution < -0.4 is 10.2 Å². The molecular weight excluding hydrogens is 358 g/mol. The summed E-state index contributed by atoms with van der Waals surface area (Å²) in [6.07, 6.45) is 0.823. The lowest BCUT2D eigenvalue weighted by Crippen LogP contribution is -2.38. The number of nitrogens with zero attached hydrogens (tertiary/aromatic N) is 2. The fraction of sp³-hybridized carbons (Fsp3) is 0.524. The molecule has 28 heavy (non-hydrogen) atoms. The van der Waals surface area contributed by atoms with Gasteiger partial charge in [0.05, 0.1) is 23.5 Å². The number of nitrogens with one attached hydrogen (secondary N) is 1. The second-order valence-corrected chi connectivity index (χ2v) is 8.02. The lowest BCUT2D eigenvalue weighted by atomic mass is 9.96. The van der Waals surface area contributed by atoms with Gasteiger partial charge in [0.25, 0.3) is 0 Å². The van der Waals surface area contributed by atoms with E-state index in [1.807, 2.05) is 19.9 Å². The molecule has 7 nitrogen and oxygen atoms in total. The van der Waals surface area contributed by atoms with E-state index in [1.165, 1.54) is 0 Å². The maximum Gasteiger partial charge on any atom is 0.404 e. The number of amides is 1. The van der Waals surface area contributed by atoms with E-state index in [0.717, 1.165) is 48.2 Å². The highest BCUT2D eigenvalue weighted by molar-refractivity contribution is 5.91. The molecule has 4 rings (SSSR count). The third-order valence-corrected chi connectivity index (χ3v) is 5.56. The molecule has 1 atom stereocenters. The summed E-state index contributed by atoms with van der Waals surface area (Å²) < 4.78 is 11.7. The smallest absolute Gasteiger partial charge is 0.404 e. The third-order valence-electron chi connectivity index (χ3n) is 5.56. The standard InChI is InChI=1S/C21H27N3O4/c1-21(2)27-13-18(28-21)16-7-6-15-4-3-5-17(19(15)23-16)24-10-8-14(9-11-24)12-22-20(25)26/h3-7,14,18,22H,8-13H2,1-2H3,(H,25,26). The van der Waals surface area contributed by atoms with Crippen LogP contribution in [0.15, 0.2) is 30.3 Å². The number of pyridine rings is 1. The number of anilines is 1. The van der Waals surface area contributed by atoms with E-state index in [0.29, 0.717) is 19.1 Å². The highest BCUT2D eigenvalue weighted by atomic mass is 16.7. The van der Waals surface area contributed by atoms with Crippen LogP contribution in [0, 0.1) is 5.92 Å². The molecule has 0 spiro atoms. The van der Waals surface area contributed by atoms with Crippen LogP contribution in [0.2, 0.25) is 0 Å². The first-order valence-corrected chi connectivity index (χ1v) is 9.84. The Kier molecular flexibility index (Phi) is 5.12. The first kappa shape index (κ1) is 19.0. The summed E-state index contributed by atoms with van der Waals surface area (Å²) in [6.45, 7) is 6.66. The number of aromatic nitrogens is 1. The van der Waals surface area contributed by atoms with Gasteiger partial charge in [-0.1, -0.05) is 18.2 Å². The molecule has 1 amide bonds. The minimum Gasteiger partial charge on any atom is -0.465 e. The van der Waals surface area contributed by atoms with E-state index in [-0.39, 0.29) is 6.10 Å². The van der Waals surface area contributed by atoms with Crippen molar-refractivity contribution in [1.82, 2.24) is 10.3 Å². The third kappa shape index (κ3) is 4.05. The Morgan fingerprint density at radius 3 is 2.75 bits per heavy atom. The fourth-order valence-corrected chi connectivity index (χ4v) is 4.02. The quantitative estimate of drug-likeness (QED) is 0.837. The Bertz CT molecular complexity index is 862. The van der Waals surface area contributed by atoms with Crippen molar-refractivity contribution < 1.29 is 19.4 Å². The van der Waals surface area contributed by atoms with E-state index >= 15 is 0 Å². The van der Waals surface area contributed by atoms with Gasteiger partial charge < -0.3 is 24.8 Å². The summed E-state index contributed by atoms with van der Waals surface area (Å²) in [6, 6.07) is 10.4. The van der Waals surface area contributed by atoms with Crippen LogP contribution >= 0.6 is 0 Å². The highest BCUT2D eigenvalue weighted by Gasteiger charge is 2.34. The summed E-state index contributed by atoms with van der Waals surface area (Å²) in [4.78, 5) is 18.0. The molecule has 2 saturated heterocycles. The largest absolute Gasteiger partial charge is 0.465 e. The number of hydrogen-bond donors (Lipinski definition) is 2. The Labute approximate surface area is 164 Å². The number of benzene rings is 1. The molecule has 0 radical (unpaired) electrons. The van der Waals surface area contributed by atoms with Gasteiger partial charge in [-0.15, -0.1) is 0 Å². The van der Waals surface area contributed by atoms with Gasteiger partial charge in [0.2, 0.25) is 0 Å². The zero-order valence-electron chi connectivity index (χ0n) is 16.4. The van der Waals surface area contributed by atoms with Gasteiger partial charge in [-0.05, 0) is 44.7 Å². The minimum atomic E-state index is -0.950. The lowest BCUT2D eigenvalue weighted by Gasteiger charge is -2.34. The second kappa shape index (κ2) is 7.56. The molecule has 150 valence electrons. The van der Waals surface area contributed by atoms with Gasteiger partial charge in [0.1, 0.15) is 6.10 Å². The summed E-state index contributed by atoms with van der Waals surface area (Å²) in [5.74, 6) is -0.190. The van der Waals surface area contributed by atoms with Crippen molar-refractivity contribution in [2.24, 2.45) is 5.92 Å². The van der Waals surface area contributed by atoms with Gasteiger partial charge in [0.15, 0.2) is 5.79 Å². The molecule has 2 aliphatic rings. The number of carboxylic acid groups (broad SMARTS) is 1. The van der Waals surface area contributed by atoms with Gasteiger partial charge in [-0.2, -0.15) is 0 Å². The van der Waals surface area contributed by atoms with Crippen molar-refractivity contribution >= 4 is 22.7 Å². The minimum absolute atomic E-state index is 0.153. The predicted molar refractivity (Wildman–Crippen MR) is 107 cm³/mol. The topological polar surface area (TPSA) is 83.9 Å². The summed E-state index contributed by atoms with van der Waals surface area (Å²) >= 11 is 0. The highest BCUT2D eigenvalue weighted by Crippen LogP contribution is 2.34. The normalized spacial score (nSPS) is 22.5. The molecule has 2 aliphatic heterocycles. The summed E-state index contributed by atoms with van der Waals surface area (Å²) in [5.41, 5.74) is 3.00. The maximum absolute atomic E-state index is 10.7. The van der Waals surface area contributed by atoms with Crippen LogP contribution in [0.25, 0.3) is 10.9 Å². The number of fused-ring (bicyclic) bond motifs is 1. The van der Waals surface area contributed by atoms with Crippen LogP contribution in [-0.2, 0) is 9.47 Å². The van der Waals surface area contributed by atoms with E-state index in [4.69, 9.17) is 19.6 Å². The van der Waals surface area contributed by atoms with Crippen molar-refractivity contribution in [3.63, 3.8) is 0 Å². The van der Waals surface area contributed by atoms with Crippen LogP contribution in [-0.4, -0.2) is 48.2 Å². The lowest BCUT2D eigenvalue weighted by molar-refractivity contribution is -0.139. The monoisotopic (exact) mass is 385 g/mol. The summed E-state index contributed by atoms with van der Waals surface area (Å²) in [5, 5.41) is 12.4. The number of ether oxygens (including phenoxy) is 2. The molecule has 7 heteroatoms. The Hall–Kier alpha value is -2.38. The van der Waals surface area contributed by atoms with Crippen LogP contribution in [0.3, 0.4) is 0 Å². The number of para-hydroxylation sites is 1. The first-order valence-electron chi connectivity index (χ1n) is 9.84. The molecule has 1 aromatic carbocycles. The summed E-state index contributed by atoms with van der Waals surface area (Å²) in [7, 11) is 0.